The van der Waals surface area contributed by atoms with Crippen molar-refractivity contribution in [3.63, 3.8) is 0 Å². The lowest BCUT2D eigenvalue weighted by molar-refractivity contribution is -0.138. The molecule has 1 aromatic carbocycles. The molecule has 1 N–H and O–H groups in total. The van der Waals surface area contributed by atoms with E-state index >= 15 is 8.78 Å². The Morgan fingerprint density at radius 2 is 1.75 bits per heavy atom. The minimum atomic E-state index is -3.34. The van der Waals surface area contributed by atoms with Crippen LogP contribution in [0.1, 0.15) is 76.8 Å². The fourth-order valence-corrected chi connectivity index (χ4v) is 7.04. The first kappa shape index (κ1) is 30.5. The van der Waals surface area contributed by atoms with Gasteiger partial charge in [0.25, 0.3) is 5.92 Å². The van der Waals surface area contributed by atoms with Crippen LogP contribution in [0.2, 0.25) is 0 Å². The number of carbonyl (C=O) groups excluding carboxylic acids is 3. The first-order valence-corrected chi connectivity index (χ1v) is 15.8. The molecule has 0 unspecified atom stereocenters. The Kier molecular flexibility index (Phi) is 8.61. The van der Waals surface area contributed by atoms with Crippen LogP contribution < -0.4 is 14.8 Å². The molecule has 12 heteroatoms. The number of fused-ring (bicyclic) bond motifs is 5. The summed E-state index contributed by atoms with van der Waals surface area (Å²) in [6.07, 6.45) is 5.06. The molecule has 10 nitrogen and oxygen atoms in total. The molecule has 0 spiro atoms. The van der Waals surface area contributed by atoms with Crippen molar-refractivity contribution in [3.05, 3.63) is 23.9 Å². The van der Waals surface area contributed by atoms with Gasteiger partial charge in [0.1, 0.15) is 30.3 Å². The summed E-state index contributed by atoms with van der Waals surface area (Å²) in [5.74, 6) is -4.09. The van der Waals surface area contributed by atoms with Gasteiger partial charge in [-0.05, 0) is 56.1 Å². The van der Waals surface area contributed by atoms with E-state index < -0.39 is 54.1 Å². The number of rotatable bonds is 3. The number of carbonyl (C=O) groups is 3. The van der Waals surface area contributed by atoms with Crippen molar-refractivity contribution >= 4 is 29.3 Å². The molecule has 3 heterocycles. The van der Waals surface area contributed by atoms with Crippen molar-refractivity contribution in [1.82, 2.24) is 20.2 Å². The molecular weight excluding hydrogens is 574 g/mol. The van der Waals surface area contributed by atoms with E-state index in [1.807, 2.05) is 0 Å². The number of nitrogens with zero attached hydrogens (tertiary/aromatic N) is 3. The number of aromatic nitrogens is 2. The number of hydrogen-bond donors (Lipinski definition) is 1. The number of ether oxygens (including phenoxy) is 3. The number of amides is 2. The maximum atomic E-state index is 15.9. The number of alkyl carbamates (subject to hydrolysis) is 1. The average molecular weight is 615 g/mol. The molecule has 1 aromatic heterocycles. The van der Waals surface area contributed by atoms with Crippen molar-refractivity contribution < 1.29 is 37.4 Å². The second-order valence-corrected chi connectivity index (χ2v) is 12.8. The lowest BCUT2D eigenvalue weighted by Gasteiger charge is -2.33. The van der Waals surface area contributed by atoms with E-state index in [2.05, 4.69) is 15.3 Å². The number of alkyl halides is 2. The smallest absolute Gasteiger partial charge is 0.408 e. The zero-order chi connectivity index (χ0) is 31.0. The van der Waals surface area contributed by atoms with Gasteiger partial charge in [-0.25, -0.2) is 14.8 Å². The summed E-state index contributed by atoms with van der Waals surface area (Å²) < 4.78 is 48.9. The third-order valence-electron chi connectivity index (χ3n) is 9.83. The predicted molar refractivity (Wildman–Crippen MR) is 155 cm³/mol. The minimum absolute atomic E-state index is 0.0309. The van der Waals surface area contributed by atoms with E-state index in [9.17, 15) is 14.4 Å². The SMILES string of the molecule is COc1ccc2nc3c(nc2c1)O[C@H]1CN(C(=O)[C@H](C2CCCCC2)NC(=O)O[C@@H]2C[C@H]2CCCCC3(F)F)[C@H](C=O)[C@@H]1C. The summed E-state index contributed by atoms with van der Waals surface area (Å²) in [5, 5.41) is 2.85. The van der Waals surface area contributed by atoms with Crippen molar-refractivity contribution in [2.45, 2.75) is 101 Å². The van der Waals surface area contributed by atoms with Crippen LogP contribution in [0.3, 0.4) is 0 Å². The summed E-state index contributed by atoms with van der Waals surface area (Å²) in [6, 6.07) is 3.08. The van der Waals surface area contributed by atoms with E-state index in [0.29, 0.717) is 36.8 Å². The van der Waals surface area contributed by atoms with E-state index in [0.717, 1.165) is 32.1 Å². The molecule has 2 aliphatic carbocycles. The van der Waals surface area contributed by atoms with Gasteiger partial charge in [0.15, 0.2) is 5.69 Å². The topological polar surface area (TPSA) is 120 Å². The van der Waals surface area contributed by atoms with Gasteiger partial charge < -0.3 is 29.2 Å². The number of halogens is 2. The third kappa shape index (κ3) is 6.17. The van der Waals surface area contributed by atoms with Gasteiger partial charge in [0.2, 0.25) is 11.8 Å². The van der Waals surface area contributed by atoms with E-state index in [4.69, 9.17) is 14.2 Å². The molecule has 1 saturated heterocycles. The Balaban J connectivity index is 1.37. The molecule has 4 aliphatic rings. The van der Waals surface area contributed by atoms with Gasteiger partial charge in [-0.3, -0.25) is 4.79 Å². The molecule has 3 fully saturated rings. The van der Waals surface area contributed by atoms with Gasteiger partial charge in [-0.2, -0.15) is 8.78 Å². The lowest BCUT2D eigenvalue weighted by Crippen LogP contribution is -2.54. The van der Waals surface area contributed by atoms with Crippen molar-refractivity contribution in [2.24, 2.45) is 17.8 Å². The van der Waals surface area contributed by atoms with Crippen LogP contribution in [0, 0.1) is 17.8 Å². The third-order valence-corrected chi connectivity index (χ3v) is 9.83. The molecule has 2 saturated carbocycles. The van der Waals surface area contributed by atoms with Gasteiger partial charge in [0.05, 0.1) is 30.7 Å². The number of hydrogen-bond acceptors (Lipinski definition) is 8. The summed E-state index contributed by atoms with van der Waals surface area (Å²) in [4.78, 5) is 49.7. The summed E-state index contributed by atoms with van der Waals surface area (Å²) in [7, 11) is 1.50. The second kappa shape index (κ2) is 12.4. The fraction of sp³-hybridized carbons (Fsp3) is 0.656. The Morgan fingerprint density at radius 1 is 1.00 bits per heavy atom. The molecule has 2 aliphatic heterocycles. The highest BCUT2D eigenvalue weighted by Crippen LogP contribution is 2.42. The monoisotopic (exact) mass is 614 g/mol. The van der Waals surface area contributed by atoms with Crippen LogP contribution in [0.15, 0.2) is 18.2 Å². The second-order valence-electron chi connectivity index (χ2n) is 12.8. The normalized spacial score (nSPS) is 31.4. The number of benzene rings is 1. The maximum absolute atomic E-state index is 15.9. The molecule has 0 radical (unpaired) electrons. The molecule has 6 atom stereocenters. The van der Waals surface area contributed by atoms with Crippen molar-refractivity contribution in [3.8, 4) is 11.6 Å². The van der Waals surface area contributed by atoms with Crippen LogP contribution in [-0.2, 0) is 20.2 Å². The molecular formula is C32H40F2N4O6. The van der Waals surface area contributed by atoms with Gasteiger partial charge >= 0.3 is 6.09 Å². The Hall–Kier alpha value is -3.57. The molecule has 6 rings (SSSR count). The van der Waals surface area contributed by atoms with Crippen LogP contribution in [0.4, 0.5) is 13.6 Å². The molecule has 2 bridgehead atoms. The fourth-order valence-electron chi connectivity index (χ4n) is 7.04. The first-order valence-electron chi connectivity index (χ1n) is 15.8. The quantitative estimate of drug-likeness (QED) is 0.471. The summed E-state index contributed by atoms with van der Waals surface area (Å²) in [6.45, 7) is 1.72. The van der Waals surface area contributed by atoms with Crippen molar-refractivity contribution in [2.75, 3.05) is 13.7 Å². The highest BCUT2D eigenvalue weighted by atomic mass is 19.3. The van der Waals surface area contributed by atoms with Crippen LogP contribution in [-0.4, -0.2) is 71.1 Å². The number of nitrogens with one attached hydrogen (secondary N) is 1. The van der Waals surface area contributed by atoms with E-state index in [1.54, 1.807) is 25.1 Å². The highest BCUT2D eigenvalue weighted by molar-refractivity contribution is 5.88. The standard InChI is InChI=1S/C32H40F2N4O6/c1-18-24(17-39)38-16-26(18)43-29-28(35-22-12-11-21(42-2)15-23(22)36-29)32(33,34)13-7-6-10-20-14-25(20)44-31(41)37-27(30(38)40)19-8-4-3-5-9-19/h11-12,15,17-20,24-27H,3-10,13-14,16H2,1-2H3,(H,37,41)/t18-,20+,24+,25+,26-,27-/m0/s1. The molecule has 2 aromatic rings. The maximum Gasteiger partial charge on any atom is 0.408 e. The Labute approximate surface area is 255 Å². The van der Waals surface area contributed by atoms with E-state index in [1.165, 1.54) is 12.0 Å². The zero-order valence-electron chi connectivity index (χ0n) is 25.2. The number of aldehydes is 1. The van der Waals surface area contributed by atoms with Crippen LogP contribution >= 0.6 is 0 Å². The predicted octanol–water partition coefficient (Wildman–Crippen LogP) is 5.16. The van der Waals surface area contributed by atoms with E-state index in [-0.39, 0.29) is 42.3 Å². The van der Waals surface area contributed by atoms with Gasteiger partial charge in [-0.15, -0.1) is 0 Å². The van der Waals surface area contributed by atoms with Crippen LogP contribution in [0.5, 0.6) is 11.6 Å². The van der Waals surface area contributed by atoms with Crippen molar-refractivity contribution in [1.29, 1.82) is 0 Å². The van der Waals surface area contributed by atoms with Gasteiger partial charge in [0, 0.05) is 18.4 Å². The van der Waals surface area contributed by atoms with Gasteiger partial charge in [-0.1, -0.05) is 32.6 Å². The van der Waals surface area contributed by atoms with Crippen LogP contribution in [0.25, 0.3) is 11.0 Å². The molecule has 44 heavy (non-hydrogen) atoms. The Bertz CT molecular complexity index is 1400. The largest absolute Gasteiger partial charge is 0.497 e. The number of methoxy groups -OCH3 is 1. The molecule has 2 amide bonds. The zero-order valence-corrected chi connectivity index (χ0v) is 25.2. The average Bonchev–Trinajstić information content (AvgIpc) is 3.68. The first-order chi connectivity index (χ1) is 21.2. The lowest BCUT2D eigenvalue weighted by atomic mass is 9.83. The minimum Gasteiger partial charge on any atom is -0.497 e. The summed E-state index contributed by atoms with van der Waals surface area (Å²) >= 11 is 0. The summed E-state index contributed by atoms with van der Waals surface area (Å²) in [5.41, 5.74) is 0.0448. The Morgan fingerprint density at radius 3 is 2.50 bits per heavy atom. The highest BCUT2D eigenvalue weighted by Gasteiger charge is 2.48. The molecule has 238 valence electrons.